The van der Waals surface area contributed by atoms with Crippen molar-refractivity contribution in [2.45, 2.75) is 50.7 Å². The Hall–Kier alpha value is -1.59. The summed E-state index contributed by atoms with van der Waals surface area (Å²) in [7, 11) is 1.58. The molecular weight excluding hydrogens is 234 g/mol. The lowest BCUT2D eigenvalue weighted by Gasteiger charge is -2.37. The second-order valence-electron chi connectivity index (χ2n) is 4.94. The highest BCUT2D eigenvalue weighted by molar-refractivity contribution is 5.93. The number of hydrogen-bond acceptors (Lipinski definition) is 3. The van der Waals surface area contributed by atoms with Gasteiger partial charge in [0.25, 0.3) is 0 Å². The Morgan fingerprint density at radius 2 is 1.89 bits per heavy atom. The monoisotopic (exact) mass is 253 g/mol. The van der Waals surface area contributed by atoms with Gasteiger partial charge in [0.05, 0.1) is 0 Å². The van der Waals surface area contributed by atoms with Crippen LogP contribution in [-0.2, 0) is 14.4 Å². The van der Waals surface area contributed by atoms with Gasteiger partial charge in [-0.15, -0.1) is 0 Å². The fourth-order valence-corrected chi connectivity index (χ4v) is 2.97. The maximum absolute atomic E-state index is 12.3. The highest BCUT2D eigenvalue weighted by atomic mass is 16.2. The average molecular weight is 253 g/mol. The quantitative estimate of drug-likeness (QED) is 0.689. The lowest BCUT2D eigenvalue weighted by atomic mass is 9.98. The standard InChI is InChI=1S/C12H19N3O3/c1-7(16)14-9-5-3-8-4-6-10(11(17)13-2)15(8)12(9)18/h8-10H,3-6H2,1-2H3,(H,13,17)(H,14,16)/t8-,9+,10+/m1/s1. The molecule has 3 atom stereocenters. The van der Waals surface area contributed by atoms with Crippen LogP contribution in [0.1, 0.15) is 32.6 Å². The Bertz CT molecular complexity index is 383. The van der Waals surface area contributed by atoms with Gasteiger partial charge in [-0.25, -0.2) is 0 Å². The summed E-state index contributed by atoms with van der Waals surface area (Å²) in [5.41, 5.74) is 0. The van der Waals surface area contributed by atoms with E-state index in [1.807, 2.05) is 0 Å². The number of piperidine rings is 1. The van der Waals surface area contributed by atoms with Crippen molar-refractivity contribution in [2.75, 3.05) is 7.05 Å². The second-order valence-corrected chi connectivity index (χ2v) is 4.94. The van der Waals surface area contributed by atoms with Crippen LogP contribution in [-0.4, -0.2) is 47.8 Å². The number of hydrogen-bond donors (Lipinski definition) is 2. The van der Waals surface area contributed by atoms with Gasteiger partial charge in [0.1, 0.15) is 12.1 Å². The van der Waals surface area contributed by atoms with Crippen LogP contribution in [0, 0.1) is 0 Å². The van der Waals surface area contributed by atoms with Crippen molar-refractivity contribution in [1.82, 2.24) is 15.5 Å². The minimum absolute atomic E-state index is 0.116. The molecule has 2 N–H and O–H groups in total. The Balaban J connectivity index is 2.13. The van der Waals surface area contributed by atoms with Gasteiger partial charge in [-0.3, -0.25) is 14.4 Å². The first-order chi connectivity index (χ1) is 8.54. The lowest BCUT2D eigenvalue weighted by molar-refractivity contribution is -0.145. The topological polar surface area (TPSA) is 78.5 Å². The van der Waals surface area contributed by atoms with E-state index in [4.69, 9.17) is 0 Å². The van der Waals surface area contributed by atoms with Crippen LogP contribution in [0.25, 0.3) is 0 Å². The van der Waals surface area contributed by atoms with E-state index >= 15 is 0 Å². The van der Waals surface area contributed by atoms with Crippen molar-refractivity contribution in [3.05, 3.63) is 0 Å². The second kappa shape index (κ2) is 4.96. The molecule has 2 fully saturated rings. The third-order valence-corrected chi connectivity index (χ3v) is 3.77. The molecule has 0 aromatic rings. The van der Waals surface area contributed by atoms with Crippen LogP contribution in [0.5, 0.6) is 0 Å². The van der Waals surface area contributed by atoms with Crippen molar-refractivity contribution < 1.29 is 14.4 Å². The van der Waals surface area contributed by atoms with Crippen LogP contribution in [0.15, 0.2) is 0 Å². The van der Waals surface area contributed by atoms with E-state index in [0.29, 0.717) is 12.8 Å². The highest BCUT2D eigenvalue weighted by Gasteiger charge is 2.45. The first-order valence-corrected chi connectivity index (χ1v) is 6.35. The van der Waals surface area contributed by atoms with Gasteiger partial charge in [-0.2, -0.15) is 0 Å². The normalized spacial score (nSPS) is 30.9. The smallest absolute Gasteiger partial charge is 0.246 e. The molecule has 0 radical (unpaired) electrons. The van der Waals surface area contributed by atoms with E-state index in [0.717, 1.165) is 12.8 Å². The number of carbonyl (C=O) groups is 3. The number of amides is 3. The molecular formula is C12H19N3O3. The molecule has 6 nitrogen and oxygen atoms in total. The van der Waals surface area contributed by atoms with E-state index in [-0.39, 0.29) is 29.8 Å². The lowest BCUT2D eigenvalue weighted by Crippen LogP contribution is -2.58. The minimum Gasteiger partial charge on any atom is -0.357 e. The van der Waals surface area contributed by atoms with E-state index in [1.54, 1.807) is 11.9 Å². The summed E-state index contributed by atoms with van der Waals surface area (Å²) in [5.74, 6) is -0.440. The Kier molecular flexibility index (Phi) is 3.54. The molecule has 18 heavy (non-hydrogen) atoms. The Morgan fingerprint density at radius 3 is 2.50 bits per heavy atom. The van der Waals surface area contributed by atoms with E-state index in [2.05, 4.69) is 10.6 Å². The Labute approximate surface area is 106 Å². The van der Waals surface area contributed by atoms with Crippen molar-refractivity contribution >= 4 is 17.7 Å². The van der Waals surface area contributed by atoms with Crippen LogP contribution >= 0.6 is 0 Å². The number of nitrogens with one attached hydrogen (secondary N) is 2. The number of rotatable bonds is 2. The van der Waals surface area contributed by atoms with Gasteiger partial charge in [-0.05, 0) is 25.7 Å². The zero-order chi connectivity index (χ0) is 13.3. The van der Waals surface area contributed by atoms with Gasteiger partial charge in [-0.1, -0.05) is 0 Å². The number of likely N-dealkylation sites (N-methyl/N-ethyl adjacent to an activating group) is 1. The molecule has 2 saturated heterocycles. The number of nitrogens with zero attached hydrogens (tertiary/aromatic N) is 1. The number of carbonyl (C=O) groups excluding carboxylic acids is 3. The van der Waals surface area contributed by atoms with Gasteiger partial charge in [0.2, 0.25) is 17.7 Å². The van der Waals surface area contributed by atoms with Gasteiger partial charge < -0.3 is 15.5 Å². The molecule has 0 unspecified atom stereocenters. The third-order valence-electron chi connectivity index (χ3n) is 3.77. The molecule has 2 rings (SSSR count). The van der Waals surface area contributed by atoms with Gasteiger partial charge in [0, 0.05) is 20.0 Å². The summed E-state index contributed by atoms with van der Waals surface area (Å²) in [6.07, 6.45) is 3.10. The molecule has 0 spiro atoms. The summed E-state index contributed by atoms with van der Waals surface area (Å²) in [6, 6.07) is -0.683. The largest absolute Gasteiger partial charge is 0.357 e. The zero-order valence-electron chi connectivity index (χ0n) is 10.7. The molecule has 6 heteroatoms. The molecule has 0 aliphatic carbocycles. The molecule has 0 saturated carbocycles. The van der Waals surface area contributed by atoms with E-state index < -0.39 is 6.04 Å². The first kappa shape index (κ1) is 12.9. The summed E-state index contributed by atoms with van der Waals surface area (Å²) < 4.78 is 0. The van der Waals surface area contributed by atoms with E-state index in [1.165, 1.54) is 6.92 Å². The van der Waals surface area contributed by atoms with Crippen LogP contribution in [0.2, 0.25) is 0 Å². The Morgan fingerprint density at radius 1 is 1.22 bits per heavy atom. The molecule has 2 heterocycles. The summed E-state index contributed by atoms with van der Waals surface area (Å²) in [4.78, 5) is 36.8. The third kappa shape index (κ3) is 2.19. The summed E-state index contributed by atoms with van der Waals surface area (Å²) in [5, 5.41) is 5.26. The van der Waals surface area contributed by atoms with Crippen molar-refractivity contribution in [1.29, 1.82) is 0 Å². The van der Waals surface area contributed by atoms with E-state index in [9.17, 15) is 14.4 Å². The number of fused-ring (bicyclic) bond motifs is 1. The highest BCUT2D eigenvalue weighted by Crippen LogP contribution is 2.32. The van der Waals surface area contributed by atoms with Gasteiger partial charge in [0.15, 0.2) is 0 Å². The predicted octanol–water partition coefficient (Wildman–Crippen LogP) is -0.609. The predicted molar refractivity (Wildman–Crippen MR) is 64.6 cm³/mol. The van der Waals surface area contributed by atoms with Crippen molar-refractivity contribution in [2.24, 2.45) is 0 Å². The zero-order valence-corrected chi connectivity index (χ0v) is 10.7. The maximum Gasteiger partial charge on any atom is 0.246 e. The fraction of sp³-hybridized carbons (Fsp3) is 0.750. The molecule has 2 aliphatic rings. The van der Waals surface area contributed by atoms with Crippen molar-refractivity contribution in [3.63, 3.8) is 0 Å². The minimum atomic E-state index is -0.469. The molecule has 3 amide bonds. The summed E-state index contributed by atoms with van der Waals surface area (Å²) >= 11 is 0. The molecule has 0 bridgehead atoms. The summed E-state index contributed by atoms with van der Waals surface area (Å²) in [6.45, 7) is 1.40. The SMILES string of the molecule is CNC(=O)[C@@H]1CC[C@H]2CC[C@H](NC(C)=O)C(=O)N21. The molecule has 0 aromatic heterocycles. The fourth-order valence-electron chi connectivity index (χ4n) is 2.97. The molecule has 2 aliphatic heterocycles. The van der Waals surface area contributed by atoms with Crippen LogP contribution < -0.4 is 10.6 Å². The van der Waals surface area contributed by atoms with Crippen LogP contribution in [0.3, 0.4) is 0 Å². The molecule has 0 aromatic carbocycles. The first-order valence-electron chi connectivity index (χ1n) is 6.35. The van der Waals surface area contributed by atoms with Crippen LogP contribution in [0.4, 0.5) is 0 Å². The molecule has 100 valence electrons. The van der Waals surface area contributed by atoms with Crippen molar-refractivity contribution in [3.8, 4) is 0 Å². The maximum atomic E-state index is 12.3. The van der Waals surface area contributed by atoms with Gasteiger partial charge >= 0.3 is 0 Å². The average Bonchev–Trinajstić information content (AvgIpc) is 2.76.